The standard InChI is InChI=1S/C6H10O2/c1-4(5(2)7)6(3)8/h7H,1-3H3/b5-4-. The van der Waals surface area contributed by atoms with Gasteiger partial charge in [-0.1, -0.05) is 0 Å². The second-order valence-corrected chi connectivity index (χ2v) is 1.77. The SMILES string of the molecule is CC(=O)/C(C)=C(/C)O. The van der Waals surface area contributed by atoms with Gasteiger partial charge in [0, 0.05) is 5.57 Å². The smallest absolute Gasteiger partial charge is 0.158 e. The van der Waals surface area contributed by atoms with Crippen LogP contribution in [0, 0.1) is 0 Å². The lowest BCUT2D eigenvalue weighted by atomic mass is 10.2. The van der Waals surface area contributed by atoms with Crippen LogP contribution in [-0.2, 0) is 4.79 Å². The molecule has 8 heavy (non-hydrogen) atoms. The lowest BCUT2D eigenvalue weighted by Crippen LogP contribution is -1.94. The van der Waals surface area contributed by atoms with Crippen LogP contribution in [0.1, 0.15) is 20.8 Å². The molecule has 0 aromatic rings. The number of aliphatic hydroxyl groups is 1. The van der Waals surface area contributed by atoms with Gasteiger partial charge in [0.25, 0.3) is 0 Å². The first-order valence-electron chi connectivity index (χ1n) is 2.43. The minimum absolute atomic E-state index is 0.0787. The summed E-state index contributed by atoms with van der Waals surface area (Å²) in [4.78, 5) is 10.4. The van der Waals surface area contributed by atoms with Crippen LogP contribution in [0.15, 0.2) is 11.3 Å². The predicted molar refractivity (Wildman–Crippen MR) is 31.7 cm³/mol. The van der Waals surface area contributed by atoms with E-state index in [-0.39, 0.29) is 11.5 Å². The maximum absolute atomic E-state index is 10.4. The van der Waals surface area contributed by atoms with Crippen molar-refractivity contribution in [3.05, 3.63) is 11.3 Å². The molecule has 0 heterocycles. The van der Waals surface area contributed by atoms with E-state index in [9.17, 15) is 4.79 Å². The van der Waals surface area contributed by atoms with Gasteiger partial charge in [-0.05, 0) is 20.8 Å². The number of hydrogen-bond donors (Lipinski definition) is 1. The van der Waals surface area contributed by atoms with Crippen molar-refractivity contribution in [2.24, 2.45) is 0 Å². The molecule has 0 rings (SSSR count). The third-order valence-corrected chi connectivity index (χ3v) is 1.07. The normalized spacial score (nSPS) is 12.9. The molecular formula is C6H10O2. The number of carbonyl (C=O) groups is 1. The topological polar surface area (TPSA) is 37.3 Å². The highest BCUT2D eigenvalue weighted by molar-refractivity contribution is 5.92. The largest absolute Gasteiger partial charge is 0.512 e. The maximum Gasteiger partial charge on any atom is 0.158 e. The zero-order valence-electron chi connectivity index (χ0n) is 5.36. The van der Waals surface area contributed by atoms with Crippen molar-refractivity contribution >= 4 is 5.78 Å². The van der Waals surface area contributed by atoms with E-state index in [4.69, 9.17) is 5.11 Å². The Morgan fingerprint density at radius 1 is 1.25 bits per heavy atom. The number of allylic oxidation sites excluding steroid dienone is 2. The highest BCUT2D eigenvalue weighted by atomic mass is 16.3. The van der Waals surface area contributed by atoms with E-state index in [1.165, 1.54) is 13.8 Å². The van der Waals surface area contributed by atoms with Crippen LogP contribution < -0.4 is 0 Å². The molecule has 2 nitrogen and oxygen atoms in total. The van der Waals surface area contributed by atoms with Crippen LogP contribution in [0.4, 0.5) is 0 Å². The molecule has 0 amide bonds. The van der Waals surface area contributed by atoms with Gasteiger partial charge in [-0.25, -0.2) is 0 Å². The van der Waals surface area contributed by atoms with Gasteiger partial charge >= 0.3 is 0 Å². The molecule has 0 aromatic heterocycles. The highest BCUT2D eigenvalue weighted by Gasteiger charge is 1.97. The molecule has 0 saturated carbocycles. The Balaban J connectivity index is 4.23. The fourth-order valence-electron chi connectivity index (χ4n) is 0.255. The molecule has 0 bridgehead atoms. The summed E-state index contributed by atoms with van der Waals surface area (Å²) in [5.74, 6) is 0.0301. The van der Waals surface area contributed by atoms with Gasteiger partial charge in [-0.15, -0.1) is 0 Å². The minimum atomic E-state index is -0.0787. The number of aliphatic hydroxyl groups excluding tert-OH is 1. The summed E-state index contributed by atoms with van der Waals surface area (Å²) in [6, 6.07) is 0. The van der Waals surface area contributed by atoms with E-state index >= 15 is 0 Å². The molecule has 0 fully saturated rings. The van der Waals surface area contributed by atoms with Crippen LogP contribution in [-0.4, -0.2) is 10.9 Å². The molecule has 0 aliphatic heterocycles. The molecular weight excluding hydrogens is 104 g/mol. The molecule has 0 aromatic carbocycles. The van der Waals surface area contributed by atoms with E-state index < -0.39 is 0 Å². The Labute approximate surface area is 48.8 Å². The third-order valence-electron chi connectivity index (χ3n) is 1.07. The van der Waals surface area contributed by atoms with Crippen molar-refractivity contribution in [1.29, 1.82) is 0 Å². The molecule has 0 radical (unpaired) electrons. The Kier molecular flexibility index (Phi) is 2.25. The molecule has 0 spiro atoms. The monoisotopic (exact) mass is 114 g/mol. The van der Waals surface area contributed by atoms with Crippen LogP contribution in [0.25, 0.3) is 0 Å². The summed E-state index contributed by atoms with van der Waals surface area (Å²) in [5.41, 5.74) is 0.435. The summed E-state index contributed by atoms with van der Waals surface area (Å²) < 4.78 is 0. The van der Waals surface area contributed by atoms with Gasteiger partial charge in [0.05, 0.1) is 5.76 Å². The summed E-state index contributed by atoms with van der Waals surface area (Å²) in [6.07, 6.45) is 0. The minimum Gasteiger partial charge on any atom is -0.512 e. The van der Waals surface area contributed by atoms with Gasteiger partial charge in [-0.3, -0.25) is 4.79 Å². The first kappa shape index (κ1) is 7.21. The van der Waals surface area contributed by atoms with E-state index in [1.807, 2.05) is 0 Å². The first-order chi connectivity index (χ1) is 3.55. The van der Waals surface area contributed by atoms with E-state index in [0.29, 0.717) is 5.57 Å². The number of carbonyl (C=O) groups excluding carboxylic acids is 1. The quantitative estimate of drug-likeness (QED) is 0.413. The van der Waals surface area contributed by atoms with Gasteiger partial charge in [0.15, 0.2) is 5.78 Å². The zero-order valence-corrected chi connectivity index (χ0v) is 5.36. The first-order valence-corrected chi connectivity index (χ1v) is 2.43. The van der Waals surface area contributed by atoms with Gasteiger partial charge < -0.3 is 5.11 Å². The van der Waals surface area contributed by atoms with Crippen LogP contribution in [0.3, 0.4) is 0 Å². The molecule has 0 atom stereocenters. The van der Waals surface area contributed by atoms with Crippen LogP contribution in [0.5, 0.6) is 0 Å². The molecule has 2 heteroatoms. The van der Waals surface area contributed by atoms with Crippen molar-refractivity contribution in [3.63, 3.8) is 0 Å². The predicted octanol–water partition coefficient (Wildman–Crippen LogP) is 1.43. The van der Waals surface area contributed by atoms with E-state index in [2.05, 4.69) is 0 Å². The second-order valence-electron chi connectivity index (χ2n) is 1.77. The summed E-state index contributed by atoms with van der Waals surface area (Å²) in [5, 5.41) is 8.65. The summed E-state index contributed by atoms with van der Waals surface area (Å²) in [6.45, 7) is 4.52. The second kappa shape index (κ2) is 2.50. The fourth-order valence-corrected chi connectivity index (χ4v) is 0.255. The van der Waals surface area contributed by atoms with E-state index in [1.54, 1.807) is 6.92 Å². The molecule has 0 saturated heterocycles. The van der Waals surface area contributed by atoms with Crippen molar-refractivity contribution in [3.8, 4) is 0 Å². The van der Waals surface area contributed by atoms with E-state index in [0.717, 1.165) is 0 Å². The highest BCUT2D eigenvalue weighted by Crippen LogP contribution is 1.98. The fraction of sp³-hybridized carbons (Fsp3) is 0.500. The number of rotatable bonds is 1. The Hall–Kier alpha value is -0.790. The van der Waals surface area contributed by atoms with Crippen molar-refractivity contribution in [2.75, 3.05) is 0 Å². The summed E-state index contributed by atoms with van der Waals surface area (Å²) >= 11 is 0. The number of hydrogen-bond acceptors (Lipinski definition) is 2. The zero-order chi connectivity index (χ0) is 6.73. The molecule has 0 unspecified atom stereocenters. The molecule has 0 aliphatic rings. The molecule has 0 aliphatic carbocycles. The van der Waals surface area contributed by atoms with Crippen LogP contribution in [0.2, 0.25) is 0 Å². The number of ketones is 1. The molecule has 1 N–H and O–H groups in total. The third kappa shape index (κ3) is 1.78. The van der Waals surface area contributed by atoms with Crippen molar-refractivity contribution in [2.45, 2.75) is 20.8 Å². The van der Waals surface area contributed by atoms with Crippen molar-refractivity contribution < 1.29 is 9.90 Å². The molecule has 46 valence electrons. The Bertz CT molecular complexity index is 129. The number of Topliss-reactive ketones (excluding diaryl/α,β-unsaturated/α-hetero) is 1. The average Bonchev–Trinajstić information content (AvgIpc) is 1.64. The Morgan fingerprint density at radius 3 is 1.62 bits per heavy atom. The van der Waals surface area contributed by atoms with Crippen molar-refractivity contribution in [1.82, 2.24) is 0 Å². The summed E-state index contributed by atoms with van der Waals surface area (Å²) in [7, 11) is 0. The van der Waals surface area contributed by atoms with Gasteiger partial charge in [0.2, 0.25) is 0 Å². The van der Waals surface area contributed by atoms with Crippen LogP contribution >= 0.6 is 0 Å². The van der Waals surface area contributed by atoms with Gasteiger partial charge in [0.1, 0.15) is 0 Å². The lowest BCUT2D eigenvalue weighted by Gasteiger charge is -1.92. The lowest BCUT2D eigenvalue weighted by molar-refractivity contribution is -0.113. The maximum atomic E-state index is 10.4. The average molecular weight is 114 g/mol. The Morgan fingerprint density at radius 2 is 1.62 bits per heavy atom. The van der Waals surface area contributed by atoms with Gasteiger partial charge in [-0.2, -0.15) is 0 Å².